The minimum absolute atomic E-state index is 0.168. The molecule has 104 valence electrons. The molecule has 2 unspecified atom stereocenters. The molecule has 1 saturated carbocycles. The van der Waals surface area contributed by atoms with Crippen LogP contribution in [-0.4, -0.2) is 29.1 Å². The van der Waals surface area contributed by atoms with E-state index in [-0.39, 0.29) is 17.4 Å². The van der Waals surface area contributed by atoms with Crippen molar-refractivity contribution in [3.63, 3.8) is 0 Å². The van der Waals surface area contributed by atoms with Gasteiger partial charge in [0, 0.05) is 12.6 Å². The average molecular weight is 261 g/mol. The quantitative estimate of drug-likeness (QED) is 0.906. The highest BCUT2D eigenvalue weighted by molar-refractivity contribution is 5.74. The molecule has 19 heavy (non-hydrogen) atoms. The number of nitrogens with zero attached hydrogens (tertiary/aromatic N) is 1. The van der Waals surface area contributed by atoms with Crippen molar-refractivity contribution in [3.8, 4) is 0 Å². The standard InChI is InChI=1S/C16H23NO2/c1-16(2,3)12-7-5-11(6-8-12)10-17(4)14-9-13(14)15(18)19/h5-8,13-14H,9-10H2,1-4H3,(H,18,19). The van der Waals surface area contributed by atoms with Crippen LogP contribution in [0.4, 0.5) is 0 Å². The molecular formula is C16H23NO2. The van der Waals surface area contributed by atoms with E-state index in [1.165, 1.54) is 11.1 Å². The Balaban J connectivity index is 1.95. The zero-order chi connectivity index (χ0) is 14.2. The van der Waals surface area contributed by atoms with Crippen LogP contribution >= 0.6 is 0 Å². The lowest BCUT2D eigenvalue weighted by molar-refractivity contribution is -0.138. The van der Waals surface area contributed by atoms with Crippen molar-refractivity contribution < 1.29 is 9.90 Å². The van der Waals surface area contributed by atoms with Crippen LogP contribution in [0, 0.1) is 5.92 Å². The van der Waals surface area contributed by atoms with Gasteiger partial charge in [-0.2, -0.15) is 0 Å². The molecular weight excluding hydrogens is 238 g/mol. The summed E-state index contributed by atoms with van der Waals surface area (Å²) < 4.78 is 0. The second-order valence-electron chi connectivity index (χ2n) is 6.61. The van der Waals surface area contributed by atoms with Crippen LogP contribution in [0.2, 0.25) is 0 Å². The van der Waals surface area contributed by atoms with Gasteiger partial charge in [-0.3, -0.25) is 9.69 Å². The molecule has 2 rings (SSSR count). The molecule has 0 bridgehead atoms. The van der Waals surface area contributed by atoms with Crippen LogP contribution in [0.1, 0.15) is 38.3 Å². The van der Waals surface area contributed by atoms with Gasteiger partial charge in [-0.15, -0.1) is 0 Å². The fourth-order valence-corrected chi connectivity index (χ4v) is 2.45. The van der Waals surface area contributed by atoms with Crippen molar-refractivity contribution in [3.05, 3.63) is 35.4 Å². The minimum atomic E-state index is -0.667. The van der Waals surface area contributed by atoms with Gasteiger partial charge >= 0.3 is 5.97 Å². The van der Waals surface area contributed by atoms with Gasteiger partial charge in [0.05, 0.1) is 5.92 Å². The van der Waals surface area contributed by atoms with Gasteiger partial charge in [0.2, 0.25) is 0 Å². The van der Waals surface area contributed by atoms with Crippen molar-refractivity contribution in [2.24, 2.45) is 5.92 Å². The predicted molar refractivity (Wildman–Crippen MR) is 76.1 cm³/mol. The molecule has 0 aliphatic heterocycles. The number of carbonyl (C=O) groups is 1. The predicted octanol–water partition coefficient (Wildman–Crippen LogP) is 2.89. The van der Waals surface area contributed by atoms with E-state index in [0.29, 0.717) is 0 Å². The van der Waals surface area contributed by atoms with Gasteiger partial charge in [-0.05, 0) is 30.0 Å². The number of benzene rings is 1. The molecule has 1 aliphatic rings. The molecule has 0 spiro atoms. The summed E-state index contributed by atoms with van der Waals surface area (Å²) in [6, 6.07) is 8.85. The Bertz CT molecular complexity index is 459. The van der Waals surface area contributed by atoms with Crippen molar-refractivity contribution in [1.29, 1.82) is 0 Å². The minimum Gasteiger partial charge on any atom is -0.481 e. The molecule has 1 aromatic carbocycles. The molecule has 0 heterocycles. The molecule has 3 heteroatoms. The first-order chi connectivity index (χ1) is 8.79. The van der Waals surface area contributed by atoms with Crippen LogP contribution in [0.25, 0.3) is 0 Å². The highest BCUT2D eigenvalue weighted by Crippen LogP contribution is 2.35. The normalized spacial score (nSPS) is 22.6. The number of rotatable bonds is 4. The monoisotopic (exact) mass is 261 g/mol. The summed E-state index contributed by atoms with van der Waals surface area (Å²) in [5, 5.41) is 8.94. The molecule has 0 radical (unpaired) electrons. The van der Waals surface area contributed by atoms with E-state index in [0.717, 1.165) is 13.0 Å². The first kappa shape index (κ1) is 14.1. The number of aliphatic carboxylic acids is 1. The third-order valence-electron chi connectivity index (χ3n) is 3.89. The van der Waals surface area contributed by atoms with Crippen molar-refractivity contribution in [2.45, 2.75) is 45.2 Å². The smallest absolute Gasteiger partial charge is 0.308 e. The lowest BCUT2D eigenvalue weighted by Crippen LogP contribution is -2.23. The van der Waals surface area contributed by atoms with Crippen LogP contribution in [0.3, 0.4) is 0 Å². The number of hydrogen-bond acceptors (Lipinski definition) is 2. The van der Waals surface area contributed by atoms with Crippen LogP contribution < -0.4 is 0 Å². The Hall–Kier alpha value is -1.35. The summed E-state index contributed by atoms with van der Waals surface area (Å²) in [4.78, 5) is 13.0. The lowest BCUT2D eigenvalue weighted by Gasteiger charge is -2.20. The fraction of sp³-hybridized carbons (Fsp3) is 0.562. The Kier molecular flexibility index (Phi) is 3.68. The topological polar surface area (TPSA) is 40.5 Å². The molecule has 1 aliphatic carbocycles. The van der Waals surface area contributed by atoms with Crippen LogP contribution in [0.5, 0.6) is 0 Å². The second kappa shape index (κ2) is 4.97. The van der Waals surface area contributed by atoms with Crippen molar-refractivity contribution in [1.82, 2.24) is 4.90 Å². The largest absolute Gasteiger partial charge is 0.481 e. The van der Waals surface area contributed by atoms with Crippen LogP contribution in [0.15, 0.2) is 24.3 Å². The number of hydrogen-bond donors (Lipinski definition) is 1. The van der Waals surface area contributed by atoms with Gasteiger partial charge in [0.25, 0.3) is 0 Å². The molecule has 3 nitrogen and oxygen atoms in total. The SMILES string of the molecule is CN(Cc1ccc(C(C)(C)C)cc1)C1CC1C(=O)O. The zero-order valence-electron chi connectivity index (χ0n) is 12.2. The molecule has 2 atom stereocenters. The lowest BCUT2D eigenvalue weighted by atomic mass is 9.87. The molecule has 0 saturated heterocycles. The van der Waals surface area contributed by atoms with E-state index in [2.05, 4.69) is 49.9 Å². The van der Waals surface area contributed by atoms with Gasteiger partial charge in [-0.1, -0.05) is 45.0 Å². The van der Waals surface area contributed by atoms with Crippen molar-refractivity contribution >= 4 is 5.97 Å². The average Bonchev–Trinajstić information content (AvgIpc) is 3.08. The van der Waals surface area contributed by atoms with Gasteiger partial charge < -0.3 is 5.11 Å². The summed E-state index contributed by atoms with van der Waals surface area (Å²) in [6.45, 7) is 7.43. The number of carboxylic acids is 1. The molecule has 1 aromatic rings. The first-order valence-corrected chi connectivity index (χ1v) is 6.81. The van der Waals surface area contributed by atoms with E-state index < -0.39 is 5.97 Å². The maximum atomic E-state index is 10.9. The maximum Gasteiger partial charge on any atom is 0.308 e. The van der Waals surface area contributed by atoms with E-state index >= 15 is 0 Å². The third-order valence-corrected chi connectivity index (χ3v) is 3.89. The summed E-state index contributed by atoms with van der Waals surface area (Å²) in [5.41, 5.74) is 2.75. The Morgan fingerprint density at radius 3 is 2.32 bits per heavy atom. The fourth-order valence-electron chi connectivity index (χ4n) is 2.45. The highest BCUT2D eigenvalue weighted by Gasteiger charge is 2.45. The Labute approximate surface area is 115 Å². The van der Waals surface area contributed by atoms with E-state index in [9.17, 15) is 4.79 Å². The number of carboxylic acid groups (broad SMARTS) is 1. The molecule has 1 N–H and O–H groups in total. The summed E-state index contributed by atoms with van der Waals surface area (Å²) in [5.74, 6) is -0.834. The van der Waals surface area contributed by atoms with Crippen molar-refractivity contribution in [2.75, 3.05) is 7.05 Å². The van der Waals surface area contributed by atoms with Gasteiger partial charge in [-0.25, -0.2) is 0 Å². The summed E-state index contributed by atoms with van der Waals surface area (Å²) >= 11 is 0. The van der Waals surface area contributed by atoms with E-state index in [1.54, 1.807) is 0 Å². The second-order valence-corrected chi connectivity index (χ2v) is 6.61. The molecule has 1 fully saturated rings. The van der Waals surface area contributed by atoms with E-state index in [4.69, 9.17) is 5.11 Å². The van der Waals surface area contributed by atoms with E-state index in [1.807, 2.05) is 7.05 Å². The maximum absolute atomic E-state index is 10.9. The Morgan fingerprint density at radius 1 is 1.32 bits per heavy atom. The van der Waals surface area contributed by atoms with Gasteiger partial charge in [0.1, 0.15) is 0 Å². The molecule has 0 amide bonds. The van der Waals surface area contributed by atoms with Gasteiger partial charge in [0.15, 0.2) is 0 Å². The third kappa shape index (κ3) is 3.35. The summed E-state index contributed by atoms with van der Waals surface area (Å²) in [6.07, 6.45) is 0.784. The molecule has 0 aromatic heterocycles. The van der Waals surface area contributed by atoms with Crippen LogP contribution in [-0.2, 0) is 16.8 Å². The first-order valence-electron chi connectivity index (χ1n) is 6.81. The highest BCUT2D eigenvalue weighted by atomic mass is 16.4. The zero-order valence-corrected chi connectivity index (χ0v) is 12.2. The summed E-state index contributed by atoms with van der Waals surface area (Å²) in [7, 11) is 2.01. The Morgan fingerprint density at radius 2 is 1.89 bits per heavy atom.